The van der Waals surface area contributed by atoms with E-state index in [0.29, 0.717) is 10.5 Å². The summed E-state index contributed by atoms with van der Waals surface area (Å²) in [6, 6.07) is 10.6. The topological polar surface area (TPSA) is 0 Å². The van der Waals surface area contributed by atoms with Crippen LogP contribution in [-0.4, -0.2) is 17.9 Å². The third-order valence-electron chi connectivity index (χ3n) is 1.58. The van der Waals surface area contributed by atoms with Crippen molar-refractivity contribution in [1.29, 1.82) is 0 Å². The Morgan fingerprint density at radius 1 is 1.27 bits per heavy atom. The quantitative estimate of drug-likeness (QED) is 0.605. The molecule has 0 aliphatic carbocycles. The van der Waals surface area contributed by atoms with Gasteiger partial charge in [-0.3, -0.25) is 0 Å². The Hall–Kier alpha value is -0.560. The molecule has 0 saturated heterocycles. The van der Waals surface area contributed by atoms with E-state index in [0.717, 1.165) is 0 Å². The Morgan fingerprint density at radius 2 is 1.91 bits per heavy atom. The van der Waals surface area contributed by atoms with Crippen LogP contribution in [0.1, 0.15) is 5.56 Å². The molecule has 0 saturated carbocycles. The number of hydrogen-bond acceptors (Lipinski definition) is 0. The largest absolute Gasteiger partial charge is 0.196 e. The number of benzene rings is 1. The maximum Gasteiger partial charge on any atom is -0.00848 e. The van der Waals surface area contributed by atoms with Gasteiger partial charge in [0.05, 0.1) is 0 Å². The van der Waals surface area contributed by atoms with E-state index >= 15 is 0 Å². The first-order valence-electron chi connectivity index (χ1n) is 3.75. The highest BCUT2D eigenvalue weighted by Crippen LogP contribution is 2.07. The average molecular weight is 166 g/mol. The zero-order valence-electron chi connectivity index (χ0n) is 6.92. The zero-order valence-corrected chi connectivity index (χ0v) is 7.73. The van der Waals surface area contributed by atoms with Crippen molar-refractivity contribution in [2.45, 2.75) is 6.42 Å². The molecular weight excluding hydrogens is 152 g/mol. The lowest BCUT2D eigenvalue weighted by Crippen LogP contribution is -1.87. The number of hydrogen-bond donors (Lipinski definition) is 0. The molecule has 1 atom stereocenters. The Labute approximate surface area is 71.2 Å². The van der Waals surface area contributed by atoms with Crippen LogP contribution in [0.15, 0.2) is 30.3 Å². The van der Waals surface area contributed by atoms with Crippen molar-refractivity contribution in [3.63, 3.8) is 0 Å². The Morgan fingerprint density at radius 3 is 2.45 bits per heavy atom. The van der Waals surface area contributed by atoms with E-state index in [1.54, 1.807) is 0 Å². The van der Waals surface area contributed by atoms with Crippen LogP contribution in [0.25, 0.3) is 0 Å². The molecular formula is C10H14S. The van der Waals surface area contributed by atoms with Crippen LogP contribution >= 0.6 is 10.5 Å². The molecule has 0 amide bonds. The van der Waals surface area contributed by atoms with Crippen molar-refractivity contribution < 1.29 is 0 Å². The van der Waals surface area contributed by atoms with Crippen LogP contribution < -0.4 is 0 Å². The van der Waals surface area contributed by atoms with E-state index in [4.69, 9.17) is 0 Å². The first-order chi connectivity index (χ1) is 5.29. The fourth-order valence-corrected chi connectivity index (χ4v) is 1.52. The highest BCUT2D eigenvalue weighted by molar-refractivity contribution is 8.13. The standard InChI is InChI=1S/C10H14S/c1-11(2)9-8-10-6-4-3-5-7-10/h3-7H,1,8-9H2,2H3. The van der Waals surface area contributed by atoms with Crippen molar-refractivity contribution in [2.24, 2.45) is 0 Å². The number of aryl methyl sites for hydroxylation is 1. The van der Waals surface area contributed by atoms with E-state index in [2.05, 4.69) is 42.5 Å². The van der Waals surface area contributed by atoms with Gasteiger partial charge in [-0.15, -0.1) is 0 Å². The highest BCUT2D eigenvalue weighted by atomic mass is 32.2. The first-order valence-corrected chi connectivity index (χ1v) is 5.72. The molecule has 11 heavy (non-hydrogen) atoms. The van der Waals surface area contributed by atoms with Crippen LogP contribution in [0, 0.1) is 0 Å². The molecule has 0 spiro atoms. The summed E-state index contributed by atoms with van der Waals surface area (Å²) >= 11 is 0. The van der Waals surface area contributed by atoms with Gasteiger partial charge in [0, 0.05) is 0 Å². The molecule has 0 fully saturated rings. The summed E-state index contributed by atoms with van der Waals surface area (Å²) in [5.74, 6) is 5.19. The molecule has 0 aromatic heterocycles. The fraction of sp³-hybridized carbons (Fsp3) is 0.300. The Kier molecular flexibility index (Phi) is 3.37. The minimum atomic E-state index is 0.334. The van der Waals surface area contributed by atoms with E-state index in [9.17, 15) is 0 Å². The van der Waals surface area contributed by atoms with Gasteiger partial charge in [0.2, 0.25) is 0 Å². The second-order valence-electron chi connectivity index (χ2n) is 2.72. The molecule has 0 N–H and O–H groups in total. The van der Waals surface area contributed by atoms with Gasteiger partial charge in [-0.05, 0) is 24.0 Å². The van der Waals surface area contributed by atoms with Gasteiger partial charge in [-0.25, -0.2) is 0 Å². The van der Waals surface area contributed by atoms with Crippen molar-refractivity contribution in [3.05, 3.63) is 35.9 Å². The molecule has 1 unspecified atom stereocenters. The average Bonchev–Trinajstić information content (AvgIpc) is 2.03. The summed E-state index contributed by atoms with van der Waals surface area (Å²) < 4.78 is 0. The van der Waals surface area contributed by atoms with Crippen LogP contribution in [-0.2, 0) is 6.42 Å². The Bertz CT molecular complexity index is 226. The molecule has 60 valence electrons. The molecule has 0 radical (unpaired) electrons. The summed E-state index contributed by atoms with van der Waals surface area (Å²) in [6.07, 6.45) is 3.35. The SMILES string of the molecule is C=S(C)CCc1ccccc1. The monoisotopic (exact) mass is 166 g/mol. The second kappa shape index (κ2) is 4.35. The van der Waals surface area contributed by atoms with Gasteiger partial charge in [0.1, 0.15) is 0 Å². The summed E-state index contributed by atoms with van der Waals surface area (Å²) in [5, 5.41) is 0. The van der Waals surface area contributed by atoms with Crippen molar-refractivity contribution >= 4 is 16.4 Å². The van der Waals surface area contributed by atoms with E-state index in [1.165, 1.54) is 17.7 Å². The van der Waals surface area contributed by atoms with Gasteiger partial charge in [0.15, 0.2) is 0 Å². The summed E-state index contributed by atoms with van der Waals surface area (Å²) in [6.45, 7) is 0. The normalized spacial score (nSPS) is 12.8. The summed E-state index contributed by atoms with van der Waals surface area (Å²) in [7, 11) is 0.334. The van der Waals surface area contributed by atoms with E-state index < -0.39 is 0 Å². The van der Waals surface area contributed by atoms with Gasteiger partial charge >= 0.3 is 0 Å². The third kappa shape index (κ3) is 3.38. The van der Waals surface area contributed by atoms with E-state index in [-0.39, 0.29) is 0 Å². The van der Waals surface area contributed by atoms with Gasteiger partial charge in [0.25, 0.3) is 0 Å². The van der Waals surface area contributed by atoms with E-state index in [1.807, 2.05) is 0 Å². The van der Waals surface area contributed by atoms with Gasteiger partial charge in [-0.2, -0.15) is 10.5 Å². The predicted octanol–water partition coefficient (Wildman–Crippen LogP) is 2.56. The summed E-state index contributed by atoms with van der Waals surface area (Å²) in [4.78, 5) is 0. The molecule has 0 bridgehead atoms. The van der Waals surface area contributed by atoms with Crippen LogP contribution in [0.3, 0.4) is 0 Å². The third-order valence-corrected chi connectivity index (χ3v) is 2.48. The Balaban J connectivity index is 2.45. The minimum Gasteiger partial charge on any atom is -0.196 e. The smallest absolute Gasteiger partial charge is 0.00848 e. The number of rotatable bonds is 3. The maximum atomic E-state index is 3.98. The molecule has 1 aromatic carbocycles. The molecule has 0 aliphatic heterocycles. The first kappa shape index (κ1) is 8.54. The van der Waals surface area contributed by atoms with Gasteiger partial charge < -0.3 is 0 Å². The highest BCUT2D eigenvalue weighted by Gasteiger charge is 1.89. The van der Waals surface area contributed by atoms with Crippen molar-refractivity contribution in [1.82, 2.24) is 0 Å². The fourth-order valence-electron chi connectivity index (χ4n) is 0.937. The lowest BCUT2D eigenvalue weighted by Gasteiger charge is -2.00. The molecule has 1 rings (SSSR count). The molecule has 1 heteroatoms. The maximum absolute atomic E-state index is 3.98. The van der Waals surface area contributed by atoms with Crippen molar-refractivity contribution in [2.75, 3.05) is 12.0 Å². The molecule has 1 aromatic rings. The van der Waals surface area contributed by atoms with Crippen LogP contribution in [0.5, 0.6) is 0 Å². The van der Waals surface area contributed by atoms with Crippen LogP contribution in [0.2, 0.25) is 0 Å². The molecule has 0 nitrogen and oxygen atoms in total. The summed E-state index contributed by atoms with van der Waals surface area (Å²) in [5.41, 5.74) is 1.43. The van der Waals surface area contributed by atoms with Gasteiger partial charge in [-0.1, -0.05) is 36.2 Å². The molecule has 0 aliphatic rings. The lowest BCUT2D eigenvalue weighted by atomic mass is 10.2. The predicted molar refractivity (Wildman–Crippen MR) is 55.6 cm³/mol. The second-order valence-corrected chi connectivity index (χ2v) is 4.69. The minimum absolute atomic E-state index is 0.334. The molecule has 0 heterocycles. The van der Waals surface area contributed by atoms with Crippen LogP contribution in [0.4, 0.5) is 0 Å². The lowest BCUT2D eigenvalue weighted by molar-refractivity contribution is 1.16. The zero-order chi connectivity index (χ0) is 8.10. The van der Waals surface area contributed by atoms with Crippen molar-refractivity contribution in [3.8, 4) is 0 Å².